The Hall–Kier alpha value is -1.73. The van der Waals surface area contributed by atoms with E-state index in [2.05, 4.69) is 0 Å². The van der Waals surface area contributed by atoms with Gasteiger partial charge in [0.25, 0.3) is 0 Å². The summed E-state index contributed by atoms with van der Waals surface area (Å²) in [5.74, 6) is 0. The maximum absolute atomic E-state index is 11.3. The zero-order valence-corrected chi connectivity index (χ0v) is 40.8. The Morgan fingerprint density at radius 2 is 0.577 bits per heavy atom. The van der Waals surface area contributed by atoms with E-state index in [0.717, 1.165) is 0 Å². The van der Waals surface area contributed by atoms with E-state index in [1.54, 1.807) is 0 Å². The smallest absolute Gasteiger partial charge is 0.187 e. The lowest BCUT2D eigenvalue weighted by molar-refractivity contribution is -0.397. The SMILES string of the molecule is O=C[C@H](O)[C@@H](O)[C@H](O[C@@H]1O[C@H](CO)[C@@H](O[C@@H]2O[C@H](CO)[C@@H](O[C@@H]3O[C@H](CO)[C@@H](O[C@@H]4O[C@H](CO)[C@@H](O[C@@H]5O[C@H](CO)[C@@H](O[C@@H]6O[C@H](CO)[C@@H](O)[C@H](O)[C@H]6O)[C@H](O)[C@H]5O)[C@H](O)[C@H]4O)[C@H](O)[C@H]3O)[C@H](O)[C@H]2O)[C@H](O)[C@H]1O)[C@H](O)CO. The molecule has 78 heavy (non-hydrogen) atoms. The van der Waals surface area contributed by atoms with Crippen LogP contribution in [0.1, 0.15) is 0 Å². The van der Waals surface area contributed by atoms with E-state index in [4.69, 9.17) is 56.8 Å². The van der Waals surface area contributed by atoms with Crippen molar-refractivity contribution in [2.45, 2.75) is 209 Å². The third-order valence-electron chi connectivity index (χ3n) is 14.1. The molecule has 0 spiro atoms. The van der Waals surface area contributed by atoms with Crippen LogP contribution in [0.25, 0.3) is 0 Å². The molecule has 0 saturated carbocycles. The van der Waals surface area contributed by atoms with Gasteiger partial charge >= 0.3 is 0 Å². The third kappa shape index (κ3) is 13.8. The molecule has 34 atom stereocenters. The van der Waals surface area contributed by atoms with Gasteiger partial charge in [-0.05, 0) is 0 Å². The van der Waals surface area contributed by atoms with Crippen molar-refractivity contribution in [1.82, 2.24) is 0 Å². The number of carbonyl (C=O) groups is 1. The number of aliphatic hydroxyl groups is 23. The molecular formula is C42H72O36. The molecular weight excluding hydrogens is 1080 g/mol. The number of hydrogen-bond donors (Lipinski definition) is 23. The molecule has 6 heterocycles. The van der Waals surface area contributed by atoms with Crippen LogP contribution in [-0.4, -0.2) is 379 Å². The molecule has 0 amide bonds. The molecule has 0 radical (unpaired) electrons. The average Bonchev–Trinajstić information content (AvgIpc) is 3.44. The van der Waals surface area contributed by atoms with Crippen LogP contribution in [0.2, 0.25) is 0 Å². The Balaban J connectivity index is 1.06. The summed E-state index contributed by atoms with van der Waals surface area (Å²) in [6, 6.07) is 0. The van der Waals surface area contributed by atoms with Gasteiger partial charge in [0.05, 0.1) is 46.2 Å². The normalized spacial score (nSPS) is 49.2. The van der Waals surface area contributed by atoms with Crippen LogP contribution >= 0.6 is 0 Å². The van der Waals surface area contributed by atoms with Gasteiger partial charge in [-0.2, -0.15) is 0 Å². The van der Waals surface area contributed by atoms with E-state index in [-0.39, 0.29) is 6.29 Å². The monoisotopic (exact) mass is 1150 g/mol. The number of aliphatic hydroxyl groups excluding tert-OH is 23. The maximum Gasteiger partial charge on any atom is 0.187 e. The molecule has 36 heteroatoms. The highest BCUT2D eigenvalue weighted by Crippen LogP contribution is 2.37. The van der Waals surface area contributed by atoms with Crippen LogP contribution in [-0.2, 0) is 61.6 Å². The third-order valence-corrected chi connectivity index (χ3v) is 14.1. The van der Waals surface area contributed by atoms with E-state index >= 15 is 0 Å². The van der Waals surface area contributed by atoms with E-state index in [1.807, 2.05) is 0 Å². The maximum atomic E-state index is 11.3. The molecule has 0 aromatic rings. The summed E-state index contributed by atoms with van der Waals surface area (Å²) >= 11 is 0. The number of ether oxygens (including phenoxy) is 12. The number of aldehydes is 1. The average molecular weight is 1150 g/mol. The molecule has 23 N–H and O–H groups in total. The van der Waals surface area contributed by atoms with Gasteiger partial charge in [0, 0.05) is 0 Å². The fourth-order valence-corrected chi connectivity index (χ4v) is 9.55. The second-order valence-electron chi connectivity index (χ2n) is 19.2. The summed E-state index contributed by atoms with van der Waals surface area (Å²) in [5, 5.41) is 242. The van der Waals surface area contributed by atoms with Gasteiger partial charge in [-0.1, -0.05) is 0 Å². The lowest BCUT2D eigenvalue weighted by Gasteiger charge is -2.50. The molecule has 0 aromatic carbocycles. The van der Waals surface area contributed by atoms with Crippen LogP contribution in [0.4, 0.5) is 0 Å². The molecule has 456 valence electrons. The predicted octanol–water partition coefficient (Wildman–Crippen LogP) is -16.4. The summed E-state index contributed by atoms with van der Waals surface area (Å²) < 4.78 is 66.5. The Kier molecular flexibility index (Phi) is 24.1. The van der Waals surface area contributed by atoms with Gasteiger partial charge in [0.15, 0.2) is 44.0 Å². The molecule has 6 aliphatic rings. The highest BCUT2D eigenvalue weighted by molar-refractivity contribution is 5.56. The molecule has 36 nitrogen and oxygen atoms in total. The quantitative estimate of drug-likeness (QED) is 0.0423. The zero-order valence-electron chi connectivity index (χ0n) is 40.8. The van der Waals surface area contributed by atoms with Crippen molar-refractivity contribution in [2.24, 2.45) is 0 Å². The van der Waals surface area contributed by atoms with Crippen LogP contribution in [0, 0.1) is 0 Å². The minimum atomic E-state index is -2.24. The molecule has 0 bridgehead atoms. The Morgan fingerprint density at radius 3 is 0.833 bits per heavy atom. The minimum absolute atomic E-state index is 0.133. The fourth-order valence-electron chi connectivity index (χ4n) is 9.55. The number of rotatable bonds is 23. The van der Waals surface area contributed by atoms with Crippen LogP contribution < -0.4 is 0 Å². The summed E-state index contributed by atoms with van der Waals surface area (Å²) in [4.78, 5) is 11.1. The molecule has 6 rings (SSSR count). The second kappa shape index (κ2) is 28.7. The van der Waals surface area contributed by atoms with Crippen LogP contribution in [0.5, 0.6) is 0 Å². The Labute approximate surface area is 439 Å². The summed E-state index contributed by atoms with van der Waals surface area (Å²) in [6.07, 6.45) is -67.7. The highest BCUT2D eigenvalue weighted by atomic mass is 16.8. The minimum Gasteiger partial charge on any atom is -0.394 e. The van der Waals surface area contributed by atoms with Crippen LogP contribution in [0.15, 0.2) is 0 Å². The first-order chi connectivity index (χ1) is 37.0. The molecule has 0 aliphatic carbocycles. The van der Waals surface area contributed by atoms with E-state index in [9.17, 15) is 122 Å². The van der Waals surface area contributed by atoms with Crippen molar-refractivity contribution < 1.29 is 179 Å². The van der Waals surface area contributed by atoms with Crippen molar-refractivity contribution in [3.8, 4) is 0 Å². The van der Waals surface area contributed by atoms with Crippen molar-refractivity contribution >= 4 is 6.29 Å². The van der Waals surface area contributed by atoms with Crippen molar-refractivity contribution in [3.63, 3.8) is 0 Å². The lowest BCUT2D eigenvalue weighted by Crippen LogP contribution is -2.68. The van der Waals surface area contributed by atoms with Gasteiger partial charge in [-0.3, -0.25) is 0 Å². The molecule has 6 saturated heterocycles. The Bertz CT molecular complexity index is 1790. The second-order valence-corrected chi connectivity index (χ2v) is 19.2. The van der Waals surface area contributed by atoms with E-state index in [1.165, 1.54) is 0 Å². The first-order valence-electron chi connectivity index (χ1n) is 24.4. The Morgan fingerprint density at radius 1 is 0.333 bits per heavy atom. The lowest BCUT2D eigenvalue weighted by atomic mass is 9.95. The van der Waals surface area contributed by atoms with Gasteiger partial charge < -0.3 is 179 Å². The zero-order chi connectivity index (χ0) is 57.8. The van der Waals surface area contributed by atoms with Gasteiger partial charge in [-0.25, -0.2) is 0 Å². The first-order valence-corrected chi connectivity index (χ1v) is 24.4. The number of carbonyl (C=O) groups excluding carboxylic acids is 1. The van der Waals surface area contributed by atoms with Gasteiger partial charge in [-0.15, -0.1) is 0 Å². The van der Waals surface area contributed by atoms with Gasteiger partial charge in [0.1, 0.15) is 171 Å². The molecule has 6 aliphatic heterocycles. The van der Waals surface area contributed by atoms with Crippen molar-refractivity contribution in [3.05, 3.63) is 0 Å². The summed E-state index contributed by atoms with van der Waals surface area (Å²) in [7, 11) is 0. The largest absolute Gasteiger partial charge is 0.394 e. The van der Waals surface area contributed by atoms with Crippen LogP contribution in [0.3, 0.4) is 0 Å². The van der Waals surface area contributed by atoms with E-state index in [0.29, 0.717) is 0 Å². The van der Waals surface area contributed by atoms with Crippen molar-refractivity contribution in [2.75, 3.05) is 46.2 Å². The number of hydrogen-bond acceptors (Lipinski definition) is 36. The fraction of sp³-hybridized carbons (Fsp3) is 0.976. The first kappa shape index (κ1) is 65.4. The molecule has 6 fully saturated rings. The summed E-state index contributed by atoms with van der Waals surface area (Å²) in [5.41, 5.74) is 0. The summed E-state index contributed by atoms with van der Waals surface area (Å²) in [6.45, 7) is -7.20. The predicted molar refractivity (Wildman–Crippen MR) is 233 cm³/mol. The van der Waals surface area contributed by atoms with Gasteiger partial charge in [0.2, 0.25) is 0 Å². The van der Waals surface area contributed by atoms with E-state index < -0.39 is 255 Å². The topological polar surface area (TPSA) is 593 Å². The molecule has 0 aromatic heterocycles. The highest BCUT2D eigenvalue weighted by Gasteiger charge is 2.58. The van der Waals surface area contributed by atoms with Crippen molar-refractivity contribution in [1.29, 1.82) is 0 Å². The molecule has 0 unspecified atom stereocenters. The standard InChI is InChI=1S/C42H72O36/c43-1-9(51)17(53)31(10(52)2-44)73-38-26(62)20(56)33(12(4-46)68-38)75-40-28(64)22(58)35(14(6-48)70-40)77-42-30(66)24(60)36(16(8-50)72-42)78-41-29(65)23(59)34(15(7-49)71-41)76-39-27(63)21(57)32(13(5-47)69-39)74-37-25(61)19(55)18(54)11(3-45)67-37/h1,9-42,44-66H,2-8H2/t9-,10+,11+,12+,13+,14+,15+,16+,17+,18+,19-,20+,21+,22+,23+,24+,25+,26+,27+,28+,29+,30+,31+,32+,33+,34+,35+,36+,37-,38-,39-,40-,41-,42-/m0/s1.